The fourth-order valence-electron chi connectivity index (χ4n) is 3.34. The number of hydrogen-bond donors (Lipinski definition) is 3. The largest absolute Gasteiger partial charge is 0.492 e. The average Bonchev–Trinajstić information content (AvgIpc) is 2.86. The molecule has 0 fully saturated rings. The van der Waals surface area contributed by atoms with E-state index in [0.717, 1.165) is 5.56 Å². The summed E-state index contributed by atoms with van der Waals surface area (Å²) in [7, 11) is 0. The summed E-state index contributed by atoms with van der Waals surface area (Å²) >= 11 is 3.36. The number of halogens is 1. The second-order valence-electron chi connectivity index (χ2n) is 10.1. The highest BCUT2D eigenvalue weighted by Crippen LogP contribution is 2.24. The van der Waals surface area contributed by atoms with Crippen LogP contribution in [0.4, 0.5) is 5.69 Å². The second-order valence-corrected chi connectivity index (χ2v) is 11.0. The lowest BCUT2D eigenvalue weighted by molar-refractivity contribution is 0.0844. The van der Waals surface area contributed by atoms with Crippen LogP contribution < -0.4 is 20.9 Å². The van der Waals surface area contributed by atoms with Crippen LogP contribution in [0, 0.1) is 5.92 Å². The van der Waals surface area contributed by atoms with Gasteiger partial charge in [0.15, 0.2) is 0 Å². The minimum Gasteiger partial charge on any atom is -0.492 e. The highest BCUT2D eigenvalue weighted by Gasteiger charge is 2.16. The van der Waals surface area contributed by atoms with E-state index in [-0.39, 0.29) is 11.3 Å². The summed E-state index contributed by atoms with van der Waals surface area (Å²) in [6.45, 7) is 10.8. The Labute approximate surface area is 226 Å². The van der Waals surface area contributed by atoms with Crippen LogP contribution in [-0.2, 0) is 5.41 Å². The number of nitrogens with one attached hydrogen (secondary N) is 3. The zero-order chi connectivity index (χ0) is 27.2. The highest BCUT2D eigenvalue weighted by molar-refractivity contribution is 9.10. The first-order valence-corrected chi connectivity index (χ1v) is 12.8. The monoisotopic (exact) mass is 565 g/mol. The van der Waals surface area contributed by atoms with E-state index in [9.17, 15) is 14.4 Å². The lowest BCUT2D eigenvalue weighted by atomic mass is 9.87. The predicted molar refractivity (Wildman–Crippen MR) is 149 cm³/mol. The first kappa shape index (κ1) is 27.9. The third kappa shape index (κ3) is 7.92. The number of hydrogen-bond acceptors (Lipinski definition) is 4. The molecule has 7 nitrogen and oxygen atoms in total. The zero-order valence-corrected chi connectivity index (χ0v) is 23.2. The molecule has 0 aliphatic carbocycles. The molecule has 0 aromatic heterocycles. The molecule has 0 saturated carbocycles. The maximum atomic E-state index is 12.7. The van der Waals surface area contributed by atoms with E-state index in [1.165, 1.54) is 0 Å². The van der Waals surface area contributed by atoms with Gasteiger partial charge in [0, 0.05) is 21.3 Å². The van der Waals surface area contributed by atoms with E-state index < -0.39 is 11.8 Å². The summed E-state index contributed by atoms with van der Waals surface area (Å²) in [4.78, 5) is 37.9. The van der Waals surface area contributed by atoms with Crippen LogP contribution in [0.1, 0.15) is 71.3 Å². The second kappa shape index (κ2) is 12.1. The minimum absolute atomic E-state index is 0.00660. The molecule has 194 valence electrons. The van der Waals surface area contributed by atoms with Crippen molar-refractivity contribution in [1.29, 1.82) is 0 Å². The van der Waals surface area contributed by atoms with Crippen LogP contribution in [0.3, 0.4) is 0 Å². The third-order valence-corrected chi connectivity index (χ3v) is 5.96. The molecule has 0 aliphatic heterocycles. The van der Waals surface area contributed by atoms with Gasteiger partial charge in [-0.05, 0) is 71.5 Å². The number of amides is 3. The number of hydrazine groups is 1. The molecule has 0 heterocycles. The standard InChI is InChI=1S/C29H32BrN3O4/c1-18(2)17-37-25-15-12-22(30)16-24(25)28(36)33-32-27(35)20-8-13-23(14-9-20)31-26(34)19-6-10-21(11-7-19)29(3,4)5/h6-16,18H,17H2,1-5H3,(H,31,34)(H,32,35)(H,33,36). The van der Waals surface area contributed by atoms with Crippen LogP contribution in [0.15, 0.2) is 71.2 Å². The Hall–Kier alpha value is -3.65. The van der Waals surface area contributed by atoms with Gasteiger partial charge in [0.1, 0.15) is 5.75 Å². The normalized spacial score (nSPS) is 11.1. The van der Waals surface area contributed by atoms with Crippen LogP contribution in [-0.4, -0.2) is 24.3 Å². The van der Waals surface area contributed by atoms with E-state index >= 15 is 0 Å². The van der Waals surface area contributed by atoms with Crippen molar-refractivity contribution in [3.63, 3.8) is 0 Å². The van der Waals surface area contributed by atoms with Crippen molar-refractivity contribution in [3.8, 4) is 5.75 Å². The summed E-state index contributed by atoms with van der Waals surface area (Å²) in [6.07, 6.45) is 0. The Morgan fingerprint density at radius 3 is 1.97 bits per heavy atom. The topological polar surface area (TPSA) is 96.5 Å². The summed E-state index contributed by atoms with van der Waals surface area (Å²) in [6, 6.07) is 19.0. The molecule has 0 unspecified atom stereocenters. The van der Waals surface area contributed by atoms with Crippen molar-refractivity contribution in [1.82, 2.24) is 10.9 Å². The van der Waals surface area contributed by atoms with Gasteiger partial charge < -0.3 is 10.1 Å². The molecule has 0 saturated heterocycles. The molecule has 3 aromatic rings. The van der Waals surface area contributed by atoms with Gasteiger partial charge in [0.2, 0.25) is 0 Å². The third-order valence-electron chi connectivity index (χ3n) is 5.47. The molecule has 0 atom stereocenters. The average molecular weight is 566 g/mol. The predicted octanol–water partition coefficient (Wildman–Crippen LogP) is 6.11. The summed E-state index contributed by atoms with van der Waals surface area (Å²) in [5.41, 5.74) is 7.70. The number of benzene rings is 3. The number of ether oxygens (including phenoxy) is 1. The van der Waals surface area contributed by atoms with Gasteiger partial charge in [-0.2, -0.15) is 0 Å². The van der Waals surface area contributed by atoms with Crippen LogP contribution in [0.5, 0.6) is 5.75 Å². The minimum atomic E-state index is -0.505. The molecule has 0 aliphatic rings. The van der Waals surface area contributed by atoms with E-state index in [1.807, 2.05) is 26.0 Å². The van der Waals surface area contributed by atoms with Crippen molar-refractivity contribution in [3.05, 3.63) is 93.5 Å². The SMILES string of the molecule is CC(C)COc1ccc(Br)cc1C(=O)NNC(=O)c1ccc(NC(=O)c2ccc(C(C)(C)C)cc2)cc1. The Kier molecular flexibility index (Phi) is 9.10. The smallest absolute Gasteiger partial charge is 0.273 e. The summed E-state index contributed by atoms with van der Waals surface area (Å²) in [5, 5.41) is 2.83. The van der Waals surface area contributed by atoms with Gasteiger partial charge in [-0.1, -0.05) is 62.7 Å². The fourth-order valence-corrected chi connectivity index (χ4v) is 3.71. The van der Waals surface area contributed by atoms with E-state index in [1.54, 1.807) is 54.6 Å². The molecular formula is C29H32BrN3O4. The van der Waals surface area contributed by atoms with Crippen molar-refractivity contribution >= 4 is 39.3 Å². The van der Waals surface area contributed by atoms with Crippen molar-refractivity contribution in [2.75, 3.05) is 11.9 Å². The van der Waals surface area contributed by atoms with E-state index in [2.05, 4.69) is 52.9 Å². The van der Waals surface area contributed by atoms with Crippen molar-refractivity contribution < 1.29 is 19.1 Å². The molecule has 37 heavy (non-hydrogen) atoms. The van der Waals surface area contributed by atoms with Crippen molar-refractivity contribution in [2.24, 2.45) is 5.92 Å². The van der Waals surface area contributed by atoms with Crippen molar-refractivity contribution in [2.45, 2.75) is 40.0 Å². The molecule has 0 spiro atoms. The Balaban J connectivity index is 1.58. The lowest BCUT2D eigenvalue weighted by Crippen LogP contribution is -2.41. The van der Waals surface area contributed by atoms with Crippen LogP contribution in [0.25, 0.3) is 0 Å². The maximum Gasteiger partial charge on any atom is 0.273 e. The molecule has 3 rings (SSSR count). The number of anilines is 1. The quantitative estimate of drug-likeness (QED) is 0.301. The Bertz CT molecular complexity index is 1260. The number of carbonyl (C=O) groups excluding carboxylic acids is 3. The molecule has 3 aromatic carbocycles. The molecule has 3 N–H and O–H groups in total. The van der Waals surface area contributed by atoms with Crippen LogP contribution in [0.2, 0.25) is 0 Å². The van der Waals surface area contributed by atoms with Gasteiger partial charge in [-0.25, -0.2) is 0 Å². The summed E-state index contributed by atoms with van der Waals surface area (Å²) in [5.74, 6) is -0.523. The zero-order valence-electron chi connectivity index (χ0n) is 21.6. The summed E-state index contributed by atoms with van der Waals surface area (Å²) < 4.78 is 6.45. The molecule has 8 heteroatoms. The number of carbonyl (C=O) groups is 3. The first-order chi connectivity index (χ1) is 17.4. The molecule has 3 amide bonds. The Morgan fingerprint density at radius 2 is 1.38 bits per heavy atom. The highest BCUT2D eigenvalue weighted by atomic mass is 79.9. The van der Waals surface area contributed by atoms with Gasteiger partial charge in [-0.3, -0.25) is 25.2 Å². The van der Waals surface area contributed by atoms with E-state index in [0.29, 0.717) is 45.1 Å². The Morgan fingerprint density at radius 1 is 0.811 bits per heavy atom. The maximum absolute atomic E-state index is 12.7. The van der Waals surface area contributed by atoms with Gasteiger partial charge in [0.05, 0.1) is 12.2 Å². The first-order valence-electron chi connectivity index (χ1n) is 12.0. The molecule has 0 radical (unpaired) electrons. The molecular weight excluding hydrogens is 534 g/mol. The van der Waals surface area contributed by atoms with E-state index in [4.69, 9.17) is 4.74 Å². The fraction of sp³-hybridized carbons (Fsp3) is 0.276. The van der Waals surface area contributed by atoms with Crippen LogP contribution >= 0.6 is 15.9 Å². The molecule has 0 bridgehead atoms. The van der Waals surface area contributed by atoms with Gasteiger partial charge in [0.25, 0.3) is 17.7 Å². The van der Waals surface area contributed by atoms with Gasteiger partial charge in [-0.15, -0.1) is 0 Å². The van der Waals surface area contributed by atoms with Gasteiger partial charge >= 0.3 is 0 Å². The number of rotatable bonds is 7. The lowest BCUT2D eigenvalue weighted by Gasteiger charge is -2.19.